The number of rotatable bonds is 2. The van der Waals surface area contributed by atoms with E-state index >= 15 is 0 Å². The normalized spacial score (nSPS) is 20.5. The van der Waals surface area contributed by atoms with Gasteiger partial charge in [0.2, 0.25) is 0 Å². The molecule has 1 aliphatic heterocycles. The molecule has 2 rings (SSSR count). The minimum absolute atomic E-state index is 0.987. The maximum Gasteiger partial charge on any atom is 0.165 e. The molecule has 1 aliphatic carbocycles. The zero-order chi connectivity index (χ0) is 8.55. The van der Waals surface area contributed by atoms with Gasteiger partial charge in [-0.3, -0.25) is 0 Å². The highest BCUT2D eigenvalue weighted by molar-refractivity contribution is 5.60. The molecular formula is C11H13O. The lowest BCUT2D eigenvalue weighted by atomic mass is 10.0. The summed E-state index contributed by atoms with van der Waals surface area (Å²) in [5, 5.41) is 0. The van der Waals surface area contributed by atoms with Crippen molar-refractivity contribution < 1.29 is 4.74 Å². The molecule has 1 heteroatoms. The molecule has 0 spiro atoms. The minimum Gasteiger partial charge on any atom is -0.485 e. The molecule has 0 saturated carbocycles. The van der Waals surface area contributed by atoms with Crippen LogP contribution in [0.4, 0.5) is 0 Å². The summed E-state index contributed by atoms with van der Waals surface area (Å²) in [6.07, 6.45) is 6.41. The predicted octanol–water partition coefficient (Wildman–Crippen LogP) is 3.12. The molecular weight excluding hydrogens is 148 g/mol. The highest BCUT2D eigenvalue weighted by Gasteiger charge is 2.25. The molecule has 1 radical (unpaired) electrons. The van der Waals surface area contributed by atoms with Gasteiger partial charge in [0.05, 0.1) is 0 Å². The van der Waals surface area contributed by atoms with E-state index in [9.17, 15) is 0 Å². The Morgan fingerprint density at radius 2 is 2.00 bits per heavy atom. The van der Waals surface area contributed by atoms with Gasteiger partial charge in [0.15, 0.2) is 6.61 Å². The van der Waals surface area contributed by atoms with Crippen LogP contribution in [0.15, 0.2) is 34.6 Å². The van der Waals surface area contributed by atoms with Crippen molar-refractivity contribution >= 4 is 0 Å². The summed E-state index contributed by atoms with van der Waals surface area (Å²) in [6, 6.07) is 0. The number of allylic oxidation sites excluding steroid dienone is 4. The summed E-state index contributed by atoms with van der Waals surface area (Å²) in [5.41, 5.74) is 4.01. The van der Waals surface area contributed by atoms with Gasteiger partial charge in [0.25, 0.3) is 0 Å². The fourth-order valence-corrected chi connectivity index (χ4v) is 1.73. The molecule has 1 heterocycles. The predicted molar refractivity (Wildman–Crippen MR) is 49.2 cm³/mol. The Balaban J connectivity index is 2.38. The number of hydrogen-bond acceptors (Lipinski definition) is 1. The van der Waals surface area contributed by atoms with Gasteiger partial charge in [-0.25, -0.2) is 0 Å². The molecule has 0 N–H and O–H groups in total. The molecule has 0 amide bonds. The van der Waals surface area contributed by atoms with Gasteiger partial charge in [-0.2, -0.15) is 0 Å². The second kappa shape index (κ2) is 2.81. The maximum absolute atomic E-state index is 5.45. The Morgan fingerprint density at radius 3 is 2.67 bits per heavy atom. The van der Waals surface area contributed by atoms with Crippen molar-refractivity contribution in [2.24, 2.45) is 0 Å². The van der Waals surface area contributed by atoms with Crippen LogP contribution in [0.2, 0.25) is 0 Å². The summed E-state index contributed by atoms with van der Waals surface area (Å²) in [7, 11) is 0. The van der Waals surface area contributed by atoms with Gasteiger partial charge in [-0.15, -0.1) is 0 Å². The third-order valence-corrected chi connectivity index (χ3v) is 2.38. The lowest BCUT2D eigenvalue weighted by Gasteiger charge is -2.02. The van der Waals surface area contributed by atoms with Crippen LogP contribution in [0.5, 0.6) is 0 Å². The Bertz CT molecular complexity index is 292. The van der Waals surface area contributed by atoms with Gasteiger partial charge in [0.1, 0.15) is 5.76 Å². The molecule has 1 nitrogen and oxygen atoms in total. The van der Waals surface area contributed by atoms with Crippen LogP contribution < -0.4 is 0 Å². The SMILES string of the molecule is CCC1=CC=C2[CH]OC(CC)=C21. The third kappa shape index (κ3) is 0.927. The van der Waals surface area contributed by atoms with E-state index in [2.05, 4.69) is 26.0 Å². The van der Waals surface area contributed by atoms with Crippen LogP contribution in [0.25, 0.3) is 0 Å². The van der Waals surface area contributed by atoms with Gasteiger partial charge < -0.3 is 4.74 Å². The molecule has 0 bridgehead atoms. The van der Waals surface area contributed by atoms with Gasteiger partial charge >= 0.3 is 0 Å². The van der Waals surface area contributed by atoms with E-state index in [0.717, 1.165) is 18.6 Å². The quantitative estimate of drug-likeness (QED) is 0.604. The first-order chi connectivity index (χ1) is 5.86. The van der Waals surface area contributed by atoms with Crippen LogP contribution in [-0.4, -0.2) is 0 Å². The van der Waals surface area contributed by atoms with E-state index in [-0.39, 0.29) is 0 Å². The number of ether oxygens (including phenoxy) is 1. The first-order valence-electron chi connectivity index (χ1n) is 4.51. The minimum atomic E-state index is 0.987. The summed E-state index contributed by atoms with van der Waals surface area (Å²) in [5.74, 6) is 1.13. The first kappa shape index (κ1) is 7.66. The van der Waals surface area contributed by atoms with Crippen molar-refractivity contribution in [2.45, 2.75) is 26.7 Å². The van der Waals surface area contributed by atoms with Crippen LogP contribution >= 0.6 is 0 Å². The van der Waals surface area contributed by atoms with Crippen molar-refractivity contribution in [3.63, 3.8) is 0 Å². The average molecular weight is 161 g/mol. The molecule has 0 aromatic rings. The zero-order valence-corrected chi connectivity index (χ0v) is 7.55. The Labute approximate surface area is 73.4 Å². The third-order valence-electron chi connectivity index (χ3n) is 2.38. The summed E-state index contributed by atoms with van der Waals surface area (Å²) in [6.45, 7) is 6.17. The van der Waals surface area contributed by atoms with Gasteiger partial charge in [-0.1, -0.05) is 26.0 Å². The maximum atomic E-state index is 5.45. The van der Waals surface area contributed by atoms with Crippen LogP contribution in [-0.2, 0) is 4.74 Å². The summed E-state index contributed by atoms with van der Waals surface area (Å²) >= 11 is 0. The average Bonchev–Trinajstić information content (AvgIpc) is 2.62. The van der Waals surface area contributed by atoms with E-state index < -0.39 is 0 Å². The molecule has 12 heavy (non-hydrogen) atoms. The van der Waals surface area contributed by atoms with Crippen LogP contribution in [0.1, 0.15) is 26.7 Å². The zero-order valence-electron chi connectivity index (χ0n) is 7.55. The van der Waals surface area contributed by atoms with Crippen molar-refractivity contribution in [3.8, 4) is 0 Å². The van der Waals surface area contributed by atoms with Crippen molar-refractivity contribution in [1.29, 1.82) is 0 Å². The molecule has 0 unspecified atom stereocenters. The second-order valence-electron chi connectivity index (χ2n) is 3.05. The lowest BCUT2D eigenvalue weighted by molar-refractivity contribution is 0.311. The van der Waals surface area contributed by atoms with E-state index in [1.165, 1.54) is 16.7 Å². The second-order valence-corrected chi connectivity index (χ2v) is 3.05. The molecule has 0 aromatic heterocycles. The monoisotopic (exact) mass is 161 g/mol. The van der Waals surface area contributed by atoms with E-state index in [1.807, 2.05) is 6.61 Å². The number of hydrogen-bond donors (Lipinski definition) is 0. The van der Waals surface area contributed by atoms with Crippen LogP contribution in [0, 0.1) is 6.61 Å². The van der Waals surface area contributed by atoms with Crippen LogP contribution in [0.3, 0.4) is 0 Å². The molecule has 0 atom stereocenters. The van der Waals surface area contributed by atoms with Crippen molar-refractivity contribution in [1.82, 2.24) is 0 Å². The summed E-state index contributed by atoms with van der Waals surface area (Å²) < 4.78 is 5.45. The van der Waals surface area contributed by atoms with E-state index in [1.54, 1.807) is 0 Å². The van der Waals surface area contributed by atoms with Crippen molar-refractivity contribution in [2.75, 3.05) is 0 Å². The largest absolute Gasteiger partial charge is 0.485 e. The fraction of sp³-hybridized carbons (Fsp3) is 0.364. The topological polar surface area (TPSA) is 9.23 Å². The van der Waals surface area contributed by atoms with E-state index in [0.29, 0.717) is 0 Å². The molecule has 2 aliphatic rings. The number of fused-ring (bicyclic) bond motifs is 1. The lowest BCUT2D eigenvalue weighted by Crippen LogP contribution is -1.86. The smallest absolute Gasteiger partial charge is 0.165 e. The first-order valence-corrected chi connectivity index (χ1v) is 4.51. The van der Waals surface area contributed by atoms with Crippen molar-refractivity contribution in [3.05, 3.63) is 41.2 Å². The standard InChI is InChI=1S/C11H13O/c1-3-8-5-6-9-7-12-10(4-2)11(8)9/h5-7H,3-4H2,1-2H3. The fourth-order valence-electron chi connectivity index (χ4n) is 1.73. The Hall–Kier alpha value is -0.980. The Morgan fingerprint density at radius 1 is 1.17 bits per heavy atom. The van der Waals surface area contributed by atoms with E-state index in [4.69, 9.17) is 4.74 Å². The van der Waals surface area contributed by atoms with Gasteiger partial charge in [0, 0.05) is 17.6 Å². The summed E-state index contributed by atoms with van der Waals surface area (Å²) in [4.78, 5) is 0. The van der Waals surface area contributed by atoms with Gasteiger partial charge in [-0.05, 0) is 12.0 Å². The molecule has 0 saturated heterocycles. The molecule has 63 valence electrons. The Kier molecular flexibility index (Phi) is 1.80. The molecule has 0 aromatic carbocycles. The highest BCUT2D eigenvalue weighted by Crippen LogP contribution is 2.39. The molecule has 0 fully saturated rings. The highest BCUT2D eigenvalue weighted by atomic mass is 16.5.